The maximum absolute atomic E-state index is 5.79. The number of hydrogen-bond donors (Lipinski definition) is 0. The van der Waals surface area contributed by atoms with Gasteiger partial charge in [-0.15, -0.1) is 0 Å². The quantitative estimate of drug-likeness (QED) is 0.807. The van der Waals surface area contributed by atoms with E-state index in [9.17, 15) is 0 Å². The molecule has 1 heterocycles. The normalized spacial score (nSPS) is 20.7. The van der Waals surface area contributed by atoms with Gasteiger partial charge in [0.05, 0.1) is 6.10 Å². The summed E-state index contributed by atoms with van der Waals surface area (Å²) in [6, 6.07) is 8.42. The fourth-order valence-electron chi connectivity index (χ4n) is 2.18. The second-order valence-corrected chi connectivity index (χ2v) is 6.07. The first kappa shape index (κ1) is 13.4. The summed E-state index contributed by atoms with van der Waals surface area (Å²) in [5.41, 5.74) is 1.54. The molecular weight excluding hydrogens is 224 g/mol. The van der Waals surface area contributed by atoms with Crippen LogP contribution in [0.1, 0.15) is 45.6 Å². The monoisotopic (exact) mass is 248 g/mol. The van der Waals surface area contributed by atoms with Crippen molar-refractivity contribution in [3.63, 3.8) is 0 Å². The van der Waals surface area contributed by atoms with Crippen LogP contribution in [-0.2, 0) is 10.2 Å². The Hall–Kier alpha value is -1.02. The van der Waals surface area contributed by atoms with Crippen LogP contribution in [-0.4, -0.2) is 19.3 Å². The van der Waals surface area contributed by atoms with Gasteiger partial charge in [0, 0.05) is 6.61 Å². The zero-order valence-electron chi connectivity index (χ0n) is 11.7. The molecule has 1 unspecified atom stereocenters. The van der Waals surface area contributed by atoms with Gasteiger partial charge in [-0.3, -0.25) is 0 Å². The molecule has 2 heteroatoms. The van der Waals surface area contributed by atoms with Crippen molar-refractivity contribution in [1.82, 2.24) is 0 Å². The minimum Gasteiger partial charge on any atom is -0.491 e. The minimum absolute atomic E-state index is 0.199. The highest BCUT2D eigenvalue weighted by molar-refractivity contribution is 5.31. The lowest BCUT2D eigenvalue weighted by atomic mass is 9.87. The highest BCUT2D eigenvalue weighted by atomic mass is 16.5. The van der Waals surface area contributed by atoms with Crippen LogP contribution in [0.4, 0.5) is 0 Å². The Labute approximate surface area is 110 Å². The summed E-state index contributed by atoms with van der Waals surface area (Å²) in [7, 11) is 0. The third kappa shape index (κ3) is 3.74. The van der Waals surface area contributed by atoms with Crippen LogP contribution in [0.2, 0.25) is 0 Å². The first-order valence-electron chi connectivity index (χ1n) is 6.91. The van der Waals surface area contributed by atoms with E-state index in [4.69, 9.17) is 9.47 Å². The van der Waals surface area contributed by atoms with Gasteiger partial charge in [-0.05, 0) is 42.4 Å². The van der Waals surface area contributed by atoms with E-state index in [1.54, 1.807) is 0 Å². The molecule has 2 rings (SSSR count). The topological polar surface area (TPSA) is 18.5 Å². The van der Waals surface area contributed by atoms with E-state index < -0.39 is 0 Å². The summed E-state index contributed by atoms with van der Waals surface area (Å²) >= 11 is 0. The van der Waals surface area contributed by atoms with Crippen LogP contribution in [0.3, 0.4) is 0 Å². The van der Waals surface area contributed by atoms with Gasteiger partial charge >= 0.3 is 0 Å². The van der Waals surface area contributed by atoms with Crippen LogP contribution in [0.15, 0.2) is 24.3 Å². The molecule has 0 spiro atoms. The van der Waals surface area contributed by atoms with E-state index >= 15 is 0 Å². The molecule has 1 aromatic rings. The molecule has 1 aromatic carbocycles. The molecule has 1 saturated heterocycles. The van der Waals surface area contributed by atoms with Gasteiger partial charge in [0.15, 0.2) is 0 Å². The molecular formula is C16H24O2. The Morgan fingerprint density at radius 2 is 1.89 bits per heavy atom. The first-order chi connectivity index (χ1) is 8.55. The summed E-state index contributed by atoms with van der Waals surface area (Å²) in [5, 5.41) is 0. The van der Waals surface area contributed by atoms with Gasteiger partial charge < -0.3 is 9.47 Å². The van der Waals surface area contributed by atoms with Crippen LogP contribution in [0.5, 0.6) is 5.75 Å². The predicted octanol–water partition coefficient (Wildman–Crippen LogP) is 3.93. The molecule has 0 amide bonds. The van der Waals surface area contributed by atoms with E-state index in [1.807, 2.05) is 0 Å². The van der Waals surface area contributed by atoms with Crippen molar-refractivity contribution in [3.05, 3.63) is 29.8 Å². The largest absolute Gasteiger partial charge is 0.491 e. The van der Waals surface area contributed by atoms with Crippen molar-refractivity contribution in [2.75, 3.05) is 13.2 Å². The highest BCUT2D eigenvalue weighted by Crippen LogP contribution is 2.24. The fourth-order valence-corrected chi connectivity index (χ4v) is 2.18. The summed E-state index contributed by atoms with van der Waals surface area (Å²) in [6.45, 7) is 8.22. The van der Waals surface area contributed by atoms with Gasteiger partial charge in [0.25, 0.3) is 0 Å². The Bertz CT molecular complexity index is 356. The molecule has 0 radical (unpaired) electrons. The molecule has 1 aliphatic heterocycles. The summed E-state index contributed by atoms with van der Waals surface area (Å²) < 4.78 is 11.4. The van der Waals surface area contributed by atoms with Crippen LogP contribution in [0, 0.1) is 0 Å². The second-order valence-electron chi connectivity index (χ2n) is 6.07. The molecule has 2 nitrogen and oxygen atoms in total. The molecule has 1 fully saturated rings. The van der Waals surface area contributed by atoms with Crippen molar-refractivity contribution in [1.29, 1.82) is 0 Å². The summed E-state index contributed by atoms with van der Waals surface area (Å²) in [5.74, 6) is 0.942. The number of hydrogen-bond acceptors (Lipinski definition) is 2. The van der Waals surface area contributed by atoms with Crippen molar-refractivity contribution in [2.45, 2.75) is 51.6 Å². The van der Waals surface area contributed by atoms with E-state index in [0.717, 1.165) is 18.8 Å². The number of rotatable bonds is 3. The van der Waals surface area contributed by atoms with Crippen LogP contribution in [0.25, 0.3) is 0 Å². The Morgan fingerprint density at radius 3 is 2.44 bits per heavy atom. The smallest absolute Gasteiger partial charge is 0.119 e. The van der Waals surface area contributed by atoms with Crippen LogP contribution < -0.4 is 4.74 Å². The standard InChI is InChI=1S/C16H24O2/c1-16(2,3)13-7-9-14(10-8-13)18-12-15-6-4-5-11-17-15/h7-10,15H,4-6,11-12H2,1-3H3. The molecule has 0 aromatic heterocycles. The molecule has 0 aliphatic carbocycles. The molecule has 1 atom stereocenters. The maximum atomic E-state index is 5.79. The molecule has 0 bridgehead atoms. The fraction of sp³-hybridized carbons (Fsp3) is 0.625. The van der Waals surface area contributed by atoms with Crippen molar-refractivity contribution >= 4 is 0 Å². The Kier molecular flexibility index (Phi) is 4.28. The zero-order chi connectivity index (χ0) is 13.0. The van der Waals surface area contributed by atoms with E-state index in [0.29, 0.717) is 6.61 Å². The predicted molar refractivity (Wildman–Crippen MR) is 74.2 cm³/mol. The lowest BCUT2D eigenvalue weighted by molar-refractivity contribution is -0.0110. The minimum atomic E-state index is 0.199. The first-order valence-corrected chi connectivity index (χ1v) is 6.91. The van der Waals surface area contributed by atoms with Gasteiger partial charge in [0.1, 0.15) is 12.4 Å². The average Bonchev–Trinajstić information content (AvgIpc) is 2.37. The van der Waals surface area contributed by atoms with Gasteiger partial charge in [0.2, 0.25) is 0 Å². The Balaban J connectivity index is 1.86. The number of ether oxygens (including phenoxy) is 2. The summed E-state index contributed by atoms with van der Waals surface area (Å²) in [6.07, 6.45) is 3.86. The van der Waals surface area contributed by atoms with Crippen molar-refractivity contribution in [3.8, 4) is 5.75 Å². The van der Waals surface area contributed by atoms with Gasteiger partial charge in [-0.1, -0.05) is 32.9 Å². The van der Waals surface area contributed by atoms with Gasteiger partial charge in [-0.2, -0.15) is 0 Å². The molecule has 0 N–H and O–H groups in total. The average molecular weight is 248 g/mol. The van der Waals surface area contributed by atoms with Crippen molar-refractivity contribution in [2.24, 2.45) is 0 Å². The number of benzene rings is 1. The second kappa shape index (κ2) is 5.75. The Morgan fingerprint density at radius 1 is 1.17 bits per heavy atom. The lowest BCUT2D eigenvalue weighted by Gasteiger charge is -2.23. The highest BCUT2D eigenvalue weighted by Gasteiger charge is 2.15. The zero-order valence-corrected chi connectivity index (χ0v) is 11.7. The van der Waals surface area contributed by atoms with Gasteiger partial charge in [-0.25, -0.2) is 0 Å². The molecule has 18 heavy (non-hydrogen) atoms. The molecule has 100 valence electrons. The van der Waals surface area contributed by atoms with E-state index in [-0.39, 0.29) is 11.5 Å². The third-order valence-electron chi connectivity index (χ3n) is 3.43. The lowest BCUT2D eigenvalue weighted by Crippen LogP contribution is -2.25. The van der Waals surface area contributed by atoms with Crippen molar-refractivity contribution < 1.29 is 9.47 Å². The van der Waals surface area contributed by atoms with Crippen LogP contribution >= 0.6 is 0 Å². The molecule has 1 aliphatic rings. The van der Waals surface area contributed by atoms with E-state index in [1.165, 1.54) is 18.4 Å². The van der Waals surface area contributed by atoms with E-state index in [2.05, 4.69) is 45.0 Å². The summed E-state index contributed by atoms with van der Waals surface area (Å²) in [4.78, 5) is 0. The SMILES string of the molecule is CC(C)(C)c1ccc(OCC2CCCCO2)cc1. The maximum Gasteiger partial charge on any atom is 0.119 e. The molecule has 0 saturated carbocycles. The third-order valence-corrected chi connectivity index (χ3v) is 3.43.